The summed E-state index contributed by atoms with van der Waals surface area (Å²) in [5.41, 5.74) is 0.965. The van der Waals surface area contributed by atoms with Crippen LogP contribution in [0.5, 0.6) is 0 Å². The van der Waals surface area contributed by atoms with Crippen LogP contribution in [0.25, 0.3) is 5.84 Å². The van der Waals surface area contributed by atoms with Gasteiger partial charge in [-0.2, -0.15) is 0 Å². The molecule has 0 atom stereocenters. The van der Waals surface area contributed by atoms with Crippen LogP contribution in [0.1, 0.15) is 5.56 Å². The summed E-state index contributed by atoms with van der Waals surface area (Å²) >= 11 is 0. The van der Waals surface area contributed by atoms with Crippen molar-refractivity contribution in [2.24, 2.45) is 15.3 Å². The molecule has 0 radical (unpaired) electrons. The molecular formula is C7H9N4O2P. The second-order valence-corrected chi connectivity index (χ2v) is 2.35. The molecule has 1 rings (SSSR count). The van der Waals surface area contributed by atoms with Crippen LogP contribution in [0.2, 0.25) is 0 Å². The Balaban J connectivity index is 0.000000255. The van der Waals surface area contributed by atoms with Crippen LogP contribution >= 0.6 is 8.25 Å². The SMILES string of the molecule is OCc1ccccc1.[NH-]/N=N/N=[P+]=O. The summed E-state index contributed by atoms with van der Waals surface area (Å²) in [4.78, 5) is 2.78. The van der Waals surface area contributed by atoms with Gasteiger partial charge in [-0.1, -0.05) is 30.3 Å². The third kappa shape index (κ3) is 7.27. The summed E-state index contributed by atoms with van der Waals surface area (Å²) in [6.07, 6.45) is 0. The van der Waals surface area contributed by atoms with E-state index in [2.05, 4.69) is 15.3 Å². The van der Waals surface area contributed by atoms with E-state index in [1.54, 1.807) is 0 Å². The van der Waals surface area contributed by atoms with E-state index >= 15 is 0 Å². The predicted octanol–water partition coefficient (Wildman–Crippen LogP) is 2.98. The van der Waals surface area contributed by atoms with E-state index < -0.39 is 8.25 Å². The van der Waals surface area contributed by atoms with Crippen molar-refractivity contribution in [1.82, 2.24) is 0 Å². The fraction of sp³-hybridized carbons (Fsp3) is 0.143. The first-order valence-electron chi connectivity index (χ1n) is 3.59. The molecule has 0 aliphatic heterocycles. The fourth-order valence-electron chi connectivity index (χ4n) is 0.620. The van der Waals surface area contributed by atoms with Gasteiger partial charge in [0.25, 0.3) is 0 Å². The van der Waals surface area contributed by atoms with Crippen molar-refractivity contribution in [1.29, 1.82) is 0 Å². The van der Waals surface area contributed by atoms with Crippen LogP contribution < -0.4 is 0 Å². The van der Waals surface area contributed by atoms with Crippen molar-refractivity contribution in [2.45, 2.75) is 6.61 Å². The predicted molar refractivity (Wildman–Crippen MR) is 51.6 cm³/mol. The summed E-state index contributed by atoms with van der Waals surface area (Å²) in [7, 11) is -0.460. The zero-order chi connectivity index (χ0) is 10.6. The van der Waals surface area contributed by atoms with E-state index in [0.717, 1.165) is 5.56 Å². The number of aliphatic hydroxyl groups excluding tert-OH is 1. The molecule has 0 spiro atoms. The molecule has 0 aromatic heterocycles. The first kappa shape index (κ1) is 12.6. The average Bonchev–Trinajstić information content (AvgIpc) is 2.28. The Morgan fingerprint density at radius 2 is 2.00 bits per heavy atom. The monoisotopic (exact) mass is 212 g/mol. The van der Waals surface area contributed by atoms with Crippen LogP contribution in [0, 0.1) is 0 Å². The standard InChI is InChI=1S/C7H8O.HN4OP/c8-6-7-4-2-1-3-5-7;1-2-3-4-6-5/h1-5,8H,6H2;(H-,1,3). The zero-order valence-electron chi connectivity index (χ0n) is 7.24. The van der Waals surface area contributed by atoms with Gasteiger partial charge >= 0.3 is 34.0 Å². The molecule has 74 valence electrons. The Morgan fingerprint density at radius 1 is 1.36 bits per heavy atom. The van der Waals surface area contributed by atoms with Crippen LogP contribution in [0.3, 0.4) is 0 Å². The Kier molecular flexibility index (Phi) is 8.73. The molecule has 0 aliphatic carbocycles. The van der Waals surface area contributed by atoms with Gasteiger partial charge in [0.1, 0.15) is 0 Å². The molecule has 0 heterocycles. The minimum atomic E-state index is -0.460. The molecule has 0 saturated carbocycles. The average molecular weight is 212 g/mol. The molecule has 0 fully saturated rings. The molecule has 14 heavy (non-hydrogen) atoms. The van der Waals surface area contributed by atoms with Gasteiger partial charge in [-0.25, -0.2) is 0 Å². The van der Waals surface area contributed by atoms with Gasteiger partial charge < -0.3 is 5.11 Å². The van der Waals surface area contributed by atoms with Gasteiger partial charge in [0.2, 0.25) is 0 Å². The quantitative estimate of drug-likeness (QED) is 0.463. The van der Waals surface area contributed by atoms with Gasteiger partial charge in [-0.05, 0) is 5.56 Å². The molecule has 0 saturated heterocycles. The van der Waals surface area contributed by atoms with Crippen molar-refractivity contribution in [3.05, 3.63) is 41.7 Å². The molecular weight excluding hydrogens is 203 g/mol. The Hall–Kier alpha value is -1.39. The van der Waals surface area contributed by atoms with Crippen molar-refractivity contribution in [3.8, 4) is 0 Å². The molecule has 0 aliphatic rings. The van der Waals surface area contributed by atoms with E-state index in [4.69, 9.17) is 10.9 Å². The van der Waals surface area contributed by atoms with Gasteiger partial charge in [0.15, 0.2) is 0 Å². The fourth-order valence-corrected chi connectivity index (χ4v) is 0.692. The molecule has 1 aromatic rings. The number of hydrogen-bond acceptors (Lipinski definition) is 3. The van der Waals surface area contributed by atoms with Gasteiger partial charge in [0.05, 0.1) is 6.61 Å². The molecule has 1 aromatic carbocycles. The maximum absolute atomic E-state index is 9.26. The molecule has 6 nitrogen and oxygen atoms in total. The van der Waals surface area contributed by atoms with Crippen molar-refractivity contribution >= 4 is 8.25 Å². The number of nitrogens with zero attached hydrogens (tertiary/aromatic N) is 3. The first-order chi connectivity index (χ1) is 6.85. The third-order valence-corrected chi connectivity index (χ3v) is 1.30. The third-order valence-electron chi connectivity index (χ3n) is 1.15. The molecule has 0 amide bonds. The van der Waals surface area contributed by atoms with Crippen LogP contribution in [0.15, 0.2) is 45.6 Å². The number of rotatable bonds is 2. The van der Waals surface area contributed by atoms with Crippen LogP contribution in [-0.4, -0.2) is 5.11 Å². The van der Waals surface area contributed by atoms with Crippen molar-refractivity contribution in [3.63, 3.8) is 0 Å². The summed E-state index contributed by atoms with van der Waals surface area (Å²) < 4.78 is 9.26. The van der Waals surface area contributed by atoms with E-state index in [1.165, 1.54) is 0 Å². The Morgan fingerprint density at radius 3 is 2.29 bits per heavy atom. The van der Waals surface area contributed by atoms with Crippen LogP contribution in [-0.2, 0) is 11.2 Å². The van der Waals surface area contributed by atoms with E-state index in [1.807, 2.05) is 30.3 Å². The van der Waals surface area contributed by atoms with Gasteiger partial charge in [0, 0.05) is 0 Å². The number of nitrogens with one attached hydrogen (secondary N) is 1. The topological polar surface area (TPSA) is 98.2 Å². The molecule has 2 N–H and O–H groups in total. The van der Waals surface area contributed by atoms with Crippen molar-refractivity contribution in [2.75, 3.05) is 0 Å². The van der Waals surface area contributed by atoms with E-state index in [-0.39, 0.29) is 6.61 Å². The second-order valence-electron chi connectivity index (χ2n) is 2.00. The number of benzene rings is 1. The van der Waals surface area contributed by atoms with Gasteiger partial charge in [-0.15, -0.1) is 0 Å². The molecule has 7 heteroatoms. The van der Waals surface area contributed by atoms with E-state index in [0.29, 0.717) is 0 Å². The van der Waals surface area contributed by atoms with Crippen molar-refractivity contribution < 1.29 is 9.67 Å². The molecule has 0 bridgehead atoms. The van der Waals surface area contributed by atoms with Crippen LogP contribution in [0.4, 0.5) is 0 Å². The second kappa shape index (κ2) is 9.70. The minimum absolute atomic E-state index is 0.140. The number of aliphatic hydroxyl groups is 1. The summed E-state index contributed by atoms with van der Waals surface area (Å²) in [5, 5.41) is 13.6. The number of hydrogen-bond donors (Lipinski definition) is 1. The maximum atomic E-state index is 9.26. The normalized spacial score (nSPS) is 8.93. The molecule has 0 unspecified atom stereocenters. The van der Waals surface area contributed by atoms with Gasteiger partial charge in [-0.3, -0.25) is 0 Å². The zero-order valence-corrected chi connectivity index (χ0v) is 8.13. The summed E-state index contributed by atoms with van der Waals surface area (Å²) in [5.74, 6) is 5.93. The first-order valence-corrected chi connectivity index (χ1v) is 4.35. The summed E-state index contributed by atoms with van der Waals surface area (Å²) in [6, 6.07) is 9.52. The Labute approximate surface area is 82.3 Å². The Bertz CT molecular complexity index is 311. The van der Waals surface area contributed by atoms with E-state index in [9.17, 15) is 4.57 Å². The summed E-state index contributed by atoms with van der Waals surface area (Å²) in [6.45, 7) is 0.140.